The summed E-state index contributed by atoms with van der Waals surface area (Å²) in [5.41, 5.74) is 4.56. The number of benzene rings is 1. The van der Waals surface area contributed by atoms with Crippen molar-refractivity contribution in [3.63, 3.8) is 0 Å². The third-order valence-electron chi connectivity index (χ3n) is 3.08. The second-order valence-electron chi connectivity index (χ2n) is 4.32. The molecule has 6 nitrogen and oxygen atoms in total. The zero-order chi connectivity index (χ0) is 14.1. The summed E-state index contributed by atoms with van der Waals surface area (Å²) in [5, 5.41) is 16.3. The van der Waals surface area contributed by atoms with Crippen LogP contribution >= 0.6 is 11.3 Å². The van der Waals surface area contributed by atoms with Crippen molar-refractivity contribution in [2.75, 3.05) is 5.32 Å². The molecule has 0 fully saturated rings. The molecule has 0 spiro atoms. The Morgan fingerprint density at radius 1 is 1.50 bits per heavy atom. The molecule has 0 atom stereocenters. The Kier molecular flexibility index (Phi) is 3.11. The van der Waals surface area contributed by atoms with Gasteiger partial charge in [-0.2, -0.15) is 5.10 Å². The maximum absolute atomic E-state index is 11.1. The molecular weight excluding hydrogens is 276 g/mol. The lowest BCUT2D eigenvalue weighted by Crippen LogP contribution is -2.10. The van der Waals surface area contributed by atoms with Gasteiger partial charge in [-0.1, -0.05) is 0 Å². The van der Waals surface area contributed by atoms with Gasteiger partial charge in [-0.3, -0.25) is 4.68 Å². The number of aromatic nitrogens is 3. The van der Waals surface area contributed by atoms with E-state index in [0.29, 0.717) is 12.2 Å². The Balaban J connectivity index is 1.82. The lowest BCUT2D eigenvalue weighted by molar-refractivity contribution is 0.0695. The Bertz CT molecular complexity index is 778. The number of aromatic carboxylic acids is 1. The molecule has 3 rings (SSSR count). The van der Waals surface area contributed by atoms with Gasteiger partial charge in [0, 0.05) is 12.7 Å². The standard InChI is InChI=1S/C13H12N4O2S/c1-17-11(9(5-16-17)13(18)19)6-14-8-2-3-10-12(4-8)20-7-15-10/h2-5,7,14H,6H2,1H3,(H,18,19). The van der Waals surface area contributed by atoms with E-state index in [1.807, 2.05) is 18.2 Å². The maximum Gasteiger partial charge on any atom is 0.339 e. The first-order valence-corrected chi connectivity index (χ1v) is 6.84. The molecule has 0 amide bonds. The summed E-state index contributed by atoms with van der Waals surface area (Å²) in [4.78, 5) is 15.3. The minimum atomic E-state index is -0.965. The largest absolute Gasteiger partial charge is 0.478 e. The molecular formula is C13H12N4O2S. The summed E-state index contributed by atoms with van der Waals surface area (Å²) in [7, 11) is 1.73. The van der Waals surface area contributed by atoms with Crippen molar-refractivity contribution >= 4 is 33.2 Å². The Morgan fingerprint density at radius 2 is 2.35 bits per heavy atom. The van der Waals surface area contributed by atoms with Gasteiger partial charge in [-0.15, -0.1) is 11.3 Å². The van der Waals surface area contributed by atoms with E-state index in [-0.39, 0.29) is 5.56 Å². The molecule has 2 aromatic heterocycles. The van der Waals surface area contributed by atoms with Crippen LogP contribution in [0.1, 0.15) is 16.1 Å². The lowest BCUT2D eigenvalue weighted by atomic mass is 10.2. The van der Waals surface area contributed by atoms with Crippen molar-refractivity contribution in [3.05, 3.63) is 41.2 Å². The highest BCUT2D eigenvalue weighted by molar-refractivity contribution is 7.16. The van der Waals surface area contributed by atoms with Crippen molar-refractivity contribution < 1.29 is 9.90 Å². The Hall–Kier alpha value is -2.41. The highest BCUT2D eigenvalue weighted by Crippen LogP contribution is 2.22. The van der Waals surface area contributed by atoms with Crippen molar-refractivity contribution in [2.24, 2.45) is 7.05 Å². The van der Waals surface area contributed by atoms with Crippen molar-refractivity contribution in [1.29, 1.82) is 0 Å². The zero-order valence-corrected chi connectivity index (χ0v) is 11.5. The number of nitrogens with zero attached hydrogens (tertiary/aromatic N) is 3. The number of carboxylic acids is 1. The second-order valence-corrected chi connectivity index (χ2v) is 5.21. The number of anilines is 1. The van der Waals surface area contributed by atoms with Crippen LogP contribution in [0.2, 0.25) is 0 Å². The van der Waals surface area contributed by atoms with E-state index < -0.39 is 5.97 Å². The normalized spacial score (nSPS) is 10.8. The first kappa shape index (κ1) is 12.6. The summed E-state index contributed by atoms with van der Waals surface area (Å²) in [6, 6.07) is 5.87. The average molecular weight is 288 g/mol. The van der Waals surface area contributed by atoms with Gasteiger partial charge in [0.15, 0.2) is 0 Å². The highest BCUT2D eigenvalue weighted by atomic mass is 32.1. The van der Waals surface area contributed by atoms with Gasteiger partial charge >= 0.3 is 5.97 Å². The maximum atomic E-state index is 11.1. The van der Waals surface area contributed by atoms with Crippen LogP contribution < -0.4 is 5.32 Å². The van der Waals surface area contributed by atoms with E-state index in [4.69, 9.17) is 5.11 Å². The molecule has 0 aliphatic carbocycles. The quantitative estimate of drug-likeness (QED) is 0.770. The smallest absolute Gasteiger partial charge is 0.339 e. The SMILES string of the molecule is Cn1ncc(C(=O)O)c1CNc1ccc2ncsc2c1. The number of fused-ring (bicyclic) bond motifs is 1. The third-order valence-corrected chi connectivity index (χ3v) is 3.87. The Labute approximate surface area is 118 Å². The molecule has 0 saturated carbocycles. The number of nitrogens with one attached hydrogen (secondary N) is 1. The van der Waals surface area contributed by atoms with Crippen LogP contribution in [-0.2, 0) is 13.6 Å². The monoisotopic (exact) mass is 288 g/mol. The van der Waals surface area contributed by atoms with Gasteiger partial charge < -0.3 is 10.4 Å². The zero-order valence-electron chi connectivity index (χ0n) is 10.7. The lowest BCUT2D eigenvalue weighted by Gasteiger charge is -2.08. The molecule has 102 valence electrons. The number of thiazole rings is 1. The second kappa shape index (κ2) is 4.93. The molecule has 0 unspecified atom stereocenters. The first-order chi connectivity index (χ1) is 9.65. The van der Waals surface area contributed by atoms with Gasteiger partial charge in [0.05, 0.1) is 34.2 Å². The van der Waals surface area contributed by atoms with Gasteiger partial charge in [0.1, 0.15) is 5.56 Å². The minimum Gasteiger partial charge on any atom is -0.478 e. The highest BCUT2D eigenvalue weighted by Gasteiger charge is 2.14. The van der Waals surface area contributed by atoms with Gasteiger partial charge in [0.25, 0.3) is 0 Å². The van der Waals surface area contributed by atoms with Gasteiger partial charge in [0.2, 0.25) is 0 Å². The summed E-state index contributed by atoms with van der Waals surface area (Å²) < 4.78 is 2.67. The number of carbonyl (C=O) groups is 1. The van der Waals surface area contributed by atoms with Crippen LogP contribution in [0.4, 0.5) is 5.69 Å². The molecule has 1 aromatic carbocycles. The van der Waals surface area contributed by atoms with E-state index in [0.717, 1.165) is 15.9 Å². The summed E-state index contributed by atoms with van der Waals surface area (Å²) in [6.45, 7) is 0.405. The molecule has 0 radical (unpaired) electrons. The number of hydrogen-bond acceptors (Lipinski definition) is 5. The number of rotatable bonds is 4. The van der Waals surface area contributed by atoms with Crippen LogP contribution in [-0.4, -0.2) is 25.8 Å². The van der Waals surface area contributed by atoms with Crippen molar-refractivity contribution in [1.82, 2.24) is 14.8 Å². The molecule has 0 saturated heterocycles. The Morgan fingerprint density at radius 3 is 3.15 bits per heavy atom. The number of aryl methyl sites for hydroxylation is 1. The third kappa shape index (κ3) is 2.23. The van der Waals surface area contributed by atoms with Crippen LogP contribution in [0.3, 0.4) is 0 Å². The fourth-order valence-corrected chi connectivity index (χ4v) is 2.72. The summed E-state index contributed by atoms with van der Waals surface area (Å²) >= 11 is 1.57. The molecule has 7 heteroatoms. The molecule has 2 heterocycles. The van der Waals surface area contributed by atoms with Crippen LogP contribution in [0.5, 0.6) is 0 Å². The minimum absolute atomic E-state index is 0.221. The predicted octanol–water partition coefficient (Wildman–Crippen LogP) is 2.34. The molecule has 0 aliphatic heterocycles. The topological polar surface area (TPSA) is 80.0 Å². The van der Waals surface area contributed by atoms with E-state index in [1.54, 1.807) is 28.6 Å². The van der Waals surface area contributed by atoms with E-state index in [9.17, 15) is 4.79 Å². The van der Waals surface area contributed by atoms with E-state index >= 15 is 0 Å². The van der Waals surface area contributed by atoms with Gasteiger partial charge in [-0.05, 0) is 18.2 Å². The fraction of sp³-hybridized carbons (Fsp3) is 0.154. The van der Waals surface area contributed by atoms with Gasteiger partial charge in [-0.25, -0.2) is 9.78 Å². The van der Waals surface area contributed by atoms with Crippen molar-refractivity contribution in [3.8, 4) is 0 Å². The number of hydrogen-bond donors (Lipinski definition) is 2. The molecule has 3 aromatic rings. The summed E-state index contributed by atoms with van der Waals surface area (Å²) in [6.07, 6.45) is 1.37. The predicted molar refractivity (Wildman–Crippen MR) is 77.1 cm³/mol. The van der Waals surface area contributed by atoms with Crippen molar-refractivity contribution in [2.45, 2.75) is 6.54 Å². The number of carboxylic acid groups (broad SMARTS) is 1. The molecule has 2 N–H and O–H groups in total. The average Bonchev–Trinajstić information content (AvgIpc) is 3.02. The van der Waals surface area contributed by atoms with E-state index in [2.05, 4.69) is 15.4 Å². The van der Waals surface area contributed by atoms with Crippen LogP contribution in [0.25, 0.3) is 10.2 Å². The summed E-state index contributed by atoms with van der Waals surface area (Å²) in [5.74, 6) is -0.965. The fourth-order valence-electron chi connectivity index (χ4n) is 2.00. The van der Waals surface area contributed by atoms with Crippen LogP contribution in [0.15, 0.2) is 29.9 Å². The van der Waals surface area contributed by atoms with E-state index in [1.165, 1.54) is 6.20 Å². The van der Waals surface area contributed by atoms with Crippen LogP contribution in [0, 0.1) is 0 Å². The molecule has 0 bridgehead atoms. The molecule has 0 aliphatic rings. The molecule has 20 heavy (non-hydrogen) atoms. The first-order valence-electron chi connectivity index (χ1n) is 5.96.